The molecule has 18 heavy (non-hydrogen) atoms. The number of ketones is 1. The van der Waals surface area contributed by atoms with Crippen molar-refractivity contribution in [2.45, 2.75) is 38.8 Å². The molecule has 2 rings (SSSR count). The van der Waals surface area contributed by atoms with Gasteiger partial charge in [0.05, 0.1) is 0 Å². The zero-order valence-electron chi connectivity index (χ0n) is 11.1. The van der Waals surface area contributed by atoms with Gasteiger partial charge in [0.15, 0.2) is 8.96 Å². The van der Waals surface area contributed by atoms with Crippen molar-refractivity contribution in [3.63, 3.8) is 0 Å². The van der Waals surface area contributed by atoms with Crippen LogP contribution in [-0.4, -0.2) is 20.5 Å². The molecule has 0 spiro atoms. The van der Waals surface area contributed by atoms with Crippen LogP contribution >= 0.6 is 0 Å². The maximum Gasteiger partial charge on any atom is 0.164 e. The summed E-state index contributed by atoms with van der Waals surface area (Å²) in [7, 11) is -1.04. The van der Waals surface area contributed by atoms with Crippen molar-refractivity contribution in [3.8, 4) is 0 Å². The lowest BCUT2D eigenvalue weighted by molar-refractivity contribution is -0.119. The third kappa shape index (κ3) is 3.29. The van der Waals surface area contributed by atoms with Crippen molar-refractivity contribution in [3.05, 3.63) is 30.3 Å². The zero-order valence-corrected chi connectivity index (χ0v) is 12.2. The van der Waals surface area contributed by atoms with Gasteiger partial charge in [0, 0.05) is 24.2 Å². The molecule has 1 aliphatic carbocycles. The number of hydrogen-bond acceptors (Lipinski definition) is 3. The average molecular weight is 260 g/mol. The third-order valence-corrected chi connectivity index (χ3v) is 4.54. The Kier molecular flexibility index (Phi) is 4.31. The molecule has 0 bridgehead atoms. The molecule has 1 fully saturated rings. The molecule has 0 amide bonds. The van der Waals surface area contributed by atoms with E-state index in [1.54, 1.807) is 0 Å². The Bertz CT molecular complexity index is 430. The van der Waals surface area contributed by atoms with Crippen LogP contribution in [0, 0.1) is 0 Å². The van der Waals surface area contributed by atoms with E-state index < -0.39 is 8.96 Å². The van der Waals surface area contributed by atoms with Crippen molar-refractivity contribution < 1.29 is 4.79 Å². The van der Waals surface area contributed by atoms with Crippen LogP contribution in [0.5, 0.6) is 0 Å². The predicted molar refractivity (Wildman–Crippen MR) is 78.7 cm³/mol. The van der Waals surface area contributed by atoms with E-state index in [1.807, 2.05) is 18.2 Å². The lowest BCUT2D eigenvalue weighted by Crippen LogP contribution is -2.31. The van der Waals surface area contributed by atoms with E-state index in [4.69, 9.17) is 5.10 Å². The highest BCUT2D eigenvalue weighted by molar-refractivity contribution is 6.60. The number of carbonyl (C=O) groups is 1. The van der Waals surface area contributed by atoms with Gasteiger partial charge in [0.2, 0.25) is 0 Å². The van der Waals surface area contributed by atoms with Gasteiger partial charge in [-0.15, -0.1) is 0 Å². The molecule has 0 aliphatic heterocycles. The van der Waals surface area contributed by atoms with Crippen LogP contribution < -0.4 is 4.67 Å². The van der Waals surface area contributed by atoms with Gasteiger partial charge in [0.1, 0.15) is 5.78 Å². The van der Waals surface area contributed by atoms with Gasteiger partial charge >= 0.3 is 0 Å². The van der Waals surface area contributed by atoms with E-state index in [9.17, 15) is 4.79 Å². The number of benzene rings is 1. The minimum absolute atomic E-state index is 0.377. The Balaban J connectivity index is 2.17. The summed E-state index contributed by atoms with van der Waals surface area (Å²) < 4.78 is 2.19. The molecule has 0 unspecified atom stereocenters. The molecule has 0 saturated heterocycles. The normalized spacial score (nSPS) is 15.9. The zero-order chi connectivity index (χ0) is 13.0. The van der Waals surface area contributed by atoms with Crippen LogP contribution in [0.3, 0.4) is 0 Å². The molecule has 1 aromatic carbocycles. The summed E-state index contributed by atoms with van der Waals surface area (Å²) in [6.07, 6.45) is 3.01. The summed E-state index contributed by atoms with van der Waals surface area (Å²) in [6, 6.07) is 10.3. The van der Waals surface area contributed by atoms with Crippen molar-refractivity contribution in [2.75, 3.05) is 4.67 Å². The summed E-state index contributed by atoms with van der Waals surface area (Å²) in [5.41, 5.74) is 2.35. The van der Waals surface area contributed by atoms with Crippen LogP contribution in [0.1, 0.15) is 25.7 Å². The lowest BCUT2D eigenvalue weighted by Gasteiger charge is -2.25. The summed E-state index contributed by atoms with van der Waals surface area (Å²) in [6.45, 7) is 4.54. The number of anilines is 1. The Morgan fingerprint density at radius 1 is 1.06 bits per heavy atom. The van der Waals surface area contributed by atoms with Crippen LogP contribution in [0.2, 0.25) is 13.1 Å². The second-order valence-corrected chi connectivity index (χ2v) is 7.66. The summed E-state index contributed by atoms with van der Waals surface area (Å²) in [4.78, 5) is 11.2. The Labute approximate surface area is 110 Å². The number of para-hydroxylation sites is 1. The molecule has 0 heterocycles. The first-order chi connectivity index (χ1) is 8.66. The molecule has 96 valence electrons. The quantitative estimate of drug-likeness (QED) is 0.618. The molecule has 0 aromatic heterocycles. The largest absolute Gasteiger partial charge is 0.300 e. The Hall–Kier alpha value is -1.42. The van der Waals surface area contributed by atoms with Gasteiger partial charge in [0.25, 0.3) is 0 Å². The van der Waals surface area contributed by atoms with Gasteiger partial charge in [-0.05, 0) is 25.0 Å². The number of Topliss-reactive ketones (excluding diaryl/α,β-unsaturated/α-hetero) is 1. The molecule has 0 N–H and O–H groups in total. The summed E-state index contributed by atoms with van der Waals surface area (Å²) >= 11 is 0. The molecule has 0 radical (unpaired) electrons. The smallest absolute Gasteiger partial charge is 0.164 e. The molecular formula is C14H20N2OSi. The molecule has 1 saturated carbocycles. The van der Waals surface area contributed by atoms with E-state index in [-0.39, 0.29) is 0 Å². The number of nitrogens with zero attached hydrogens (tertiary/aromatic N) is 2. The van der Waals surface area contributed by atoms with Gasteiger partial charge in [-0.3, -0.25) is 9.47 Å². The van der Waals surface area contributed by atoms with Crippen molar-refractivity contribution in [1.82, 2.24) is 0 Å². The fourth-order valence-electron chi connectivity index (χ4n) is 2.12. The molecule has 3 nitrogen and oxygen atoms in total. The molecule has 0 atom stereocenters. The maximum atomic E-state index is 11.2. The minimum atomic E-state index is -1.04. The Morgan fingerprint density at radius 2 is 1.67 bits per heavy atom. The molecular weight excluding hydrogens is 240 g/mol. The fourth-order valence-corrected chi connectivity index (χ4v) is 3.28. The number of carbonyl (C=O) groups excluding carboxylic acids is 1. The highest BCUT2D eigenvalue weighted by Crippen LogP contribution is 2.19. The predicted octanol–water partition coefficient (Wildman–Crippen LogP) is 2.98. The molecule has 1 aromatic rings. The van der Waals surface area contributed by atoms with E-state index in [0.29, 0.717) is 18.6 Å². The van der Waals surface area contributed by atoms with E-state index >= 15 is 0 Å². The number of hydrogen-bond donors (Lipinski definition) is 0. The fraction of sp³-hybridized carbons (Fsp3) is 0.429. The highest BCUT2D eigenvalue weighted by atomic mass is 28.3. The number of rotatable bonds is 3. The summed E-state index contributed by atoms with van der Waals surface area (Å²) in [5, 5.41) is 4.80. The van der Waals surface area contributed by atoms with Gasteiger partial charge in [-0.1, -0.05) is 31.3 Å². The van der Waals surface area contributed by atoms with Gasteiger partial charge < -0.3 is 0 Å². The van der Waals surface area contributed by atoms with Gasteiger partial charge in [-0.2, -0.15) is 5.10 Å². The highest BCUT2D eigenvalue weighted by Gasteiger charge is 2.17. The van der Waals surface area contributed by atoms with E-state index in [2.05, 4.69) is 29.9 Å². The van der Waals surface area contributed by atoms with Crippen LogP contribution in [0.25, 0.3) is 0 Å². The van der Waals surface area contributed by atoms with Crippen molar-refractivity contribution >= 4 is 26.1 Å². The maximum absolute atomic E-state index is 11.2. The van der Waals surface area contributed by atoms with E-state index in [1.165, 1.54) is 11.4 Å². The Morgan fingerprint density at radius 3 is 2.22 bits per heavy atom. The summed E-state index contributed by atoms with van der Waals surface area (Å²) in [5.74, 6) is 0.377. The first-order valence-electron chi connectivity index (χ1n) is 6.59. The van der Waals surface area contributed by atoms with E-state index in [0.717, 1.165) is 12.8 Å². The topological polar surface area (TPSA) is 32.7 Å². The van der Waals surface area contributed by atoms with Crippen LogP contribution in [0.15, 0.2) is 35.4 Å². The number of hydrazone groups is 1. The van der Waals surface area contributed by atoms with Crippen molar-refractivity contribution in [1.29, 1.82) is 0 Å². The minimum Gasteiger partial charge on any atom is -0.300 e. The lowest BCUT2D eigenvalue weighted by atomic mass is 9.97. The van der Waals surface area contributed by atoms with Crippen molar-refractivity contribution in [2.24, 2.45) is 5.10 Å². The van der Waals surface area contributed by atoms with Crippen LogP contribution in [0.4, 0.5) is 5.69 Å². The second kappa shape index (κ2) is 5.95. The average Bonchev–Trinajstić information content (AvgIpc) is 2.38. The second-order valence-electron chi connectivity index (χ2n) is 4.98. The monoisotopic (exact) mass is 260 g/mol. The SMILES string of the molecule is C[SiH](C)N(N=C1CCC(=O)CC1)c1ccccc1. The first-order valence-corrected chi connectivity index (χ1v) is 9.41. The first kappa shape index (κ1) is 13.0. The van der Waals surface area contributed by atoms with Gasteiger partial charge in [-0.25, -0.2) is 0 Å². The molecule has 1 aliphatic rings. The standard InChI is InChI=1S/C14H20N2OSi/c1-18(2)16(13-6-4-3-5-7-13)15-12-8-10-14(17)11-9-12/h3-7,18H,8-11H2,1-2H3. The van der Waals surface area contributed by atoms with Crippen LogP contribution in [-0.2, 0) is 4.79 Å². The molecule has 4 heteroatoms. The third-order valence-electron chi connectivity index (χ3n) is 3.14.